The molecule has 1 aliphatic carbocycles. The molecule has 2 heterocycles. The van der Waals surface area contributed by atoms with E-state index in [2.05, 4.69) is 28.2 Å². The predicted molar refractivity (Wildman–Crippen MR) is 101 cm³/mol. The third kappa shape index (κ3) is 3.12. The van der Waals surface area contributed by atoms with Crippen LogP contribution in [0.4, 0.5) is 5.69 Å². The van der Waals surface area contributed by atoms with Crippen molar-refractivity contribution in [3.05, 3.63) is 42.0 Å². The van der Waals surface area contributed by atoms with Gasteiger partial charge >= 0.3 is 0 Å². The molecular formula is C21H25N3O2. The Morgan fingerprint density at radius 2 is 1.92 bits per heavy atom. The van der Waals surface area contributed by atoms with Crippen molar-refractivity contribution in [3.8, 4) is 11.1 Å². The number of anilines is 1. The fourth-order valence-electron chi connectivity index (χ4n) is 3.50. The first kappa shape index (κ1) is 17.2. The summed E-state index contributed by atoms with van der Waals surface area (Å²) in [5, 5.41) is 0. The Labute approximate surface area is 154 Å². The Bertz CT molecular complexity index is 826. The molecule has 26 heavy (non-hydrogen) atoms. The molecule has 136 valence electrons. The average Bonchev–Trinajstić information content (AvgIpc) is 3.43. The summed E-state index contributed by atoms with van der Waals surface area (Å²) >= 11 is 0. The maximum Gasteiger partial charge on any atom is 0.237 e. The van der Waals surface area contributed by atoms with Gasteiger partial charge < -0.3 is 9.64 Å². The van der Waals surface area contributed by atoms with Crippen LogP contribution in [0.3, 0.4) is 0 Å². The second-order valence-electron chi connectivity index (χ2n) is 7.76. The first-order valence-electron chi connectivity index (χ1n) is 9.34. The summed E-state index contributed by atoms with van der Waals surface area (Å²) in [5.41, 5.74) is 3.60. The molecule has 5 nitrogen and oxygen atoms in total. The molecule has 1 amide bonds. The lowest BCUT2D eigenvalue weighted by Gasteiger charge is -2.20. The van der Waals surface area contributed by atoms with Gasteiger partial charge in [0.15, 0.2) is 0 Å². The number of rotatable bonds is 6. The number of carbonyl (C=O) groups excluding carboxylic acids is 1. The maximum absolute atomic E-state index is 13.0. The Morgan fingerprint density at radius 1 is 1.19 bits per heavy atom. The molecule has 0 atom stereocenters. The molecule has 1 aliphatic heterocycles. The Kier molecular flexibility index (Phi) is 4.27. The second-order valence-corrected chi connectivity index (χ2v) is 7.76. The molecule has 1 aromatic carbocycles. The number of ether oxygens (including phenoxy) is 1. The molecule has 0 saturated heterocycles. The summed E-state index contributed by atoms with van der Waals surface area (Å²) in [4.78, 5) is 23.5. The van der Waals surface area contributed by atoms with E-state index in [1.165, 1.54) is 12.8 Å². The Morgan fingerprint density at radius 3 is 2.62 bits per heavy atom. The maximum atomic E-state index is 13.0. The minimum absolute atomic E-state index is 0.163. The van der Waals surface area contributed by atoms with Gasteiger partial charge in [-0.05, 0) is 57.2 Å². The van der Waals surface area contributed by atoms with Gasteiger partial charge in [0.25, 0.3) is 0 Å². The van der Waals surface area contributed by atoms with Crippen molar-refractivity contribution in [2.75, 3.05) is 18.1 Å². The van der Waals surface area contributed by atoms with E-state index in [9.17, 15) is 4.79 Å². The summed E-state index contributed by atoms with van der Waals surface area (Å²) in [5.74, 6) is 0.916. The first-order chi connectivity index (χ1) is 12.5. The van der Waals surface area contributed by atoms with Gasteiger partial charge in [-0.15, -0.1) is 0 Å². The van der Waals surface area contributed by atoms with E-state index in [4.69, 9.17) is 4.74 Å². The van der Waals surface area contributed by atoms with Crippen LogP contribution in [0.1, 0.15) is 44.5 Å². The van der Waals surface area contributed by atoms with E-state index in [-0.39, 0.29) is 5.91 Å². The number of aromatic nitrogens is 2. The number of aryl methyl sites for hydroxylation is 1. The van der Waals surface area contributed by atoms with Gasteiger partial charge in [0.05, 0.1) is 11.5 Å². The van der Waals surface area contributed by atoms with E-state index in [0.29, 0.717) is 12.6 Å². The molecule has 1 saturated carbocycles. The molecule has 4 rings (SSSR count). The topological polar surface area (TPSA) is 55.3 Å². The quantitative estimate of drug-likeness (QED) is 0.746. The van der Waals surface area contributed by atoms with E-state index in [1.54, 1.807) is 0 Å². The highest BCUT2D eigenvalue weighted by Gasteiger charge is 2.43. The summed E-state index contributed by atoms with van der Waals surface area (Å²) < 4.78 is 5.74. The summed E-state index contributed by atoms with van der Waals surface area (Å²) in [6.45, 7) is 7.29. The summed E-state index contributed by atoms with van der Waals surface area (Å²) in [6.07, 6.45) is 7.34. The van der Waals surface area contributed by atoms with Gasteiger partial charge in [-0.3, -0.25) is 4.79 Å². The van der Waals surface area contributed by atoms with Crippen LogP contribution < -0.4 is 4.90 Å². The lowest BCUT2D eigenvalue weighted by molar-refractivity contribution is -0.122. The molecular weight excluding hydrogens is 326 g/mol. The molecule has 5 heteroatoms. The third-order valence-electron chi connectivity index (χ3n) is 5.26. The van der Waals surface area contributed by atoms with Crippen molar-refractivity contribution >= 4 is 11.6 Å². The number of nitrogens with zero attached hydrogens (tertiary/aromatic N) is 3. The number of carbonyl (C=O) groups is 1. The molecule has 0 bridgehead atoms. The second kappa shape index (κ2) is 6.47. The van der Waals surface area contributed by atoms with Crippen LogP contribution in [0.25, 0.3) is 11.1 Å². The molecule has 0 spiro atoms. The van der Waals surface area contributed by atoms with Gasteiger partial charge in [0.2, 0.25) is 5.91 Å². The van der Waals surface area contributed by atoms with E-state index in [1.807, 2.05) is 38.1 Å². The molecule has 0 radical (unpaired) electrons. The van der Waals surface area contributed by atoms with Crippen molar-refractivity contribution in [3.63, 3.8) is 0 Å². The lowest BCUT2D eigenvalue weighted by Crippen LogP contribution is -2.37. The van der Waals surface area contributed by atoms with Gasteiger partial charge in [-0.1, -0.05) is 12.1 Å². The molecule has 2 aliphatic rings. The lowest BCUT2D eigenvalue weighted by atomic mass is 9.85. The zero-order valence-corrected chi connectivity index (χ0v) is 15.7. The van der Waals surface area contributed by atoms with Gasteiger partial charge in [-0.25, -0.2) is 9.97 Å². The van der Waals surface area contributed by atoms with Crippen LogP contribution in [-0.2, 0) is 14.9 Å². The molecule has 1 fully saturated rings. The SMILES string of the molecule is Cc1ncc(-c2ccc3c(c2)N(CCCOC2CC2)C(=O)C3(C)C)cn1. The van der Waals surface area contributed by atoms with Crippen LogP contribution >= 0.6 is 0 Å². The van der Waals surface area contributed by atoms with Crippen molar-refractivity contribution in [2.45, 2.75) is 51.6 Å². The largest absolute Gasteiger partial charge is 0.378 e. The smallest absolute Gasteiger partial charge is 0.237 e. The van der Waals surface area contributed by atoms with E-state index < -0.39 is 5.41 Å². The third-order valence-corrected chi connectivity index (χ3v) is 5.26. The van der Waals surface area contributed by atoms with Crippen molar-refractivity contribution in [2.24, 2.45) is 0 Å². The summed E-state index contributed by atoms with van der Waals surface area (Å²) in [6, 6.07) is 6.22. The number of hydrogen-bond acceptors (Lipinski definition) is 4. The number of amides is 1. The summed E-state index contributed by atoms with van der Waals surface area (Å²) in [7, 11) is 0. The molecule has 1 aromatic heterocycles. The minimum Gasteiger partial charge on any atom is -0.378 e. The fourth-order valence-corrected chi connectivity index (χ4v) is 3.50. The van der Waals surface area contributed by atoms with Crippen molar-refractivity contribution in [1.82, 2.24) is 9.97 Å². The number of fused-ring (bicyclic) bond motifs is 1. The molecule has 0 N–H and O–H groups in total. The van der Waals surface area contributed by atoms with Crippen molar-refractivity contribution < 1.29 is 9.53 Å². The average molecular weight is 351 g/mol. The highest BCUT2D eigenvalue weighted by Crippen LogP contribution is 2.43. The highest BCUT2D eigenvalue weighted by molar-refractivity contribution is 6.08. The van der Waals surface area contributed by atoms with Crippen LogP contribution in [0.15, 0.2) is 30.6 Å². The van der Waals surface area contributed by atoms with Gasteiger partial charge in [0, 0.05) is 36.8 Å². The Balaban J connectivity index is 1.59. The first-order valence-corrected chi connectivity index (χ1v) is 9.34. The van der Waals surface area contributed by atoms with Crippen LogP contribution in [0.5, 0.6) is 0 Å². The van der Waals surface area contributed by atoms with Crippen LogP contribution in [0, 0.1) is 6.92 Å². The molecule has 0 unspecified atom stereocenters. The number of hydrogen-bond donors (Lipinski definition) is 0. The zero-order chi connectivity index (χ0) is 18.3. The normalized spacial score (nSPS) is 18.3. The van der Waals surface area contributed by atoms with Crippen molar-refractivity contribution in [1.29, 1.82) is 0 Å². The number of benzene rings is 1. The Hall–Kier alpha value is -2.27. The molecule has 2 aromatic rings. The predicted octanol–water partition coefficient (Wildman–Crippen LogP) is 3.65. The zero-order valence-electron chi connectivity index (χ0n) is 15.7. The monoisotopic (exact) mass is 351 g/mol. The van der Waals surface area contributed by atoms with E-state index >= 15 is 0 Å². The standard InChI is InChI=1S/C21H25N3O2/c1-14-22-12-16(13-23-14)15-5-8-18-19(11-15)24(20(25)21(18,2)3)9-4-10-26-17-6-7-17/h5,8,11-13,17H,4,6-7,9-10H2,1-3H3. The van der Waals surface area contributed by atoms with Crippen LogP contribution in [-0.4, -0.2) is 35.1 Å². The minimum atomic E-state index is -0.491. The fraction of sp³-hybridized carbons (Fsp3) is 0.476. The van der Waals surface area contributed by atoms with Crippen LogP contribution in [0.2, 0.25) is 0 Å². The van der Waals surface area contributed by atoms with E-state index in [0.717, 1.165) is 41.2 Å². The van der Waals surface area contributed by atoms with Gasteiger partial charge in [-0.2, -0.15) is 0 Å². The van der Waals surface area contributed by atoms with Gasteiger partial charge in [0.1, 0.15) is 5.82 Å². The highest BCUT2D eigenvalue weighted by atomic mass is 16.5.